The number of Topliss-reactive ketones (excluding diaryl/α,β-unsaturated/α-hetero) is 2. The second-order valence-corrected chi connectivity index (χ2v) is 18.5. The summed E-state index contributed by atoms with van der Waals surface area (Å²) in [5.41, 5.74) is 0.0726. The molecule has 0 heterocycles. The van der Waals surface area contributed by atoms with Crippen molar-refractivity contribution in [3.63, 3.8) is 0 Å². The van der Waals surface area contributed by atoms with Gasteiger partial charge in [-0.15, -0.1) is 0 Å². The summed E-state index contributed by atoms with van der Waals surface area (Å²) in [4.78, 5) is 31.2. The number of carbonyl (C=O) groups excluding carboxylic acids is 2. The zero-order valence-electron chi connectivity index (χ0n) is 26.3. The molecule has 4 saturated carbocycles. The van der Waals surface area contributed by atoms with E-state index in [9.17, 15) is 0 Å². The Balaban J connectivity index is 1.53. The molecule has 2 aromatic carbocycles. The van der Waals surface area contributed by atoms with Gasteiger partial charge in [0.1, 0.15) is 11.6 Å². The Morgan fingerprint density at radius 1 is 0.619 bits per heavy atom. The molecule has 0 spiro atoms. The lowest BCUT2D eigenvalue weighted by Crippen LogP contribution is -2.61. The van der Waals surface area contributed by atoms with Gasteiger partial charge in [0.25, 0.3) is 0 Å². The average Bonchev–Trinajstić information content (AvgIpc) is 3.42. The number of benzene rings is 2. The molecule has 0 aromatic heterocycles. The van der Waals surface area contributed by atoms with Crippen molar-refractivity contribution < 1.29 is 9.59 Å². The van der Waals surface area contributed by atoms with Crippen LogP contribution in [0.4, 0.5) is 0 Å². The Morgan fingerprint density at radius 3 is 1.24 bits per heavy atom. The summed E-state index contributed by atoms with van der Waals surface area (Å²) in [5, 5.41) is 0. The second kappa shape index (κ2) is 10.1. The highest BCUT2D eigenvalue weighted by Gasteiger charge is 2.85. The molecule has 0 saturated heterocycles. The van der Waals surface area contributed by atoms with Gasteiger partial charge in [-0.2, -0.15) is 0 Å². The first-order valence-electron chi connectivity index (χ1n) is 16.1. The van der Waals surface area contributed by atoms with Gasteiger partial charge in [0.05, 0.1) is 0 Å². The zero-order valence-corrected chi connectivity index (χ0v) is 29.5. The number of halogens is 2. The molecule has 8 atom stereocenters. The fourth-order valence-electron chi connectivity index (χ4n) is 11.3. The van der Waals surface area contributed by atoms with E-state index in [-0.39, 0.29) is 32.3 Å². The molecule has 4 bridgehead atoms. The number of fused-ring (bicyclic) bond motifs is 4. The lowest BCUT2D eigenvalue weighted by atomic mass is 9.45. The van der Waals surface area contributed by atoms with Gasteiger partial charge in [-0.1, -0.05) is 134 Å². The molecule has 226 valence electrons. The van der Waals surface area contributed by atoms with Gasteiger partial charge < -0.3 is 0 Å². The Labute approximate surface area is 270 Å². The molecule has 42 heavy (non-hydrogen) atoms. The van der Waals surface area contributed by atoms with Crippen LogP contribution in [0.3, 0.4) is 0 Å². The van der Waals surface area contributed by atoms with Crippen LogP contribution in [-0.4, -0.2) is 21.2 Å². The summed E-state index contributed by atoms with van der Waals surface area (Å²) >= 11 is 8.29. The normalized spacial score (nSPS) is 39.1. The molecule has 4 aliphatic carbocycles. The van der Waals surface area contributed by atoms with E-state index >= 15 is 9.59 Å². The first-order valence-corrected chi connectivity index (χ1v) is 18.0. The summed E-state index contributed by atoms with van der Waals surface area (Å²) in [6.45, 7) is 13.9. The minimum Gasteiger partial charge on any atom is -0.298 e. The average molecular weight is 697 g/mol. The number of rotatable bonds is 9. The summed E-state index contributed by atoms with van der Waals surface area (Å²) < 4.78 is 0. The second-order valence-electron chi connectivity index (χ2n) is 15.9. The van der Waals surface area contributed by atoms with Gasteiger partial charge in [0.2, 0.25) is 0 Å². The van der Waals surface area contributed by atoms with Crippen molar-refractivity contribution in [2.24, 2.45) is 44.3 Å². The lowest BCUT2D eigenvalue weighted by Gasteiger charge is -2.56. The maximum Gasteiger partial charge on any atom is 0.146 e. The molecule has 0 aliphatic heterocycles. The summed E-state index contributed by atoms with van der Waals surface area (Å²) in [6.07, 6.45) is 7.11. The smallest absolute Gasteiger partial charge is 0.146 e. The molecular formula is C38H48Br2O2. The van der Waals surface area contributed by atoms with Crippen molar-refractivity contribution in [2.75, 3.05) is 0 Å². The molecule has 0 radical (unpaired) electrons. The number of hydrogen-bond donors (Lipinski definition) is 0. The first-order chi connectivity index (χ1) is 19.7. The largest absolute Gasteiger partial charge is 0.298 e. The molecule has 4 aliphatic rings. The molecule has 0 unspecified atom stereocenters. The molecule has 4 fully saturated rings. The van der Waals surface area contributed by atoms with Crippen LogP contribution in [0, 0.1) is 44.3 Å². The van der Waals surface area contributed by atoms with Crippen molar-refractivity contribution in [1.29, 1.82) is 0 Å². The third-order valence-electron chi connectivity index (χ3n) is 13.9. The van der Waals surface area contributed by atoms with Crippen LogP contribution in [-0.2, 0) is 22.4 Å². The number of ketones is 2. The minimum absolute atomic E-state index is 0.116. The van der Waals surface area contributed by atoms with Crippen LogP contribution in [0.1, 0.15) is 91.2 Å². The monoisotopic (exact) mass is 694 g/mol. The molecule has 2 nitrogen and oxygen atoms in total. The van der Waals surface area contributed by atoms with Gasteiger partial charge in [0, 0.05) is 31.3 Å². The van der Waals surface area contributed by atoms with Gasteiger partial charge in [0.15, 0.2) is 0 Å². The van der Waals surface area contributed by atoms with E-state index in [0.717, 1.165) is 51.4 Å². The Morgan fingerprint density at radius 2 is 0.952 bits per heavy atom. The minimum atomic E-state index is -0.688. The molecule has 2 aromatic rings. The van der Waals surface area contributed by atoms with Crippen LogP contribution in [0.25, 0.3) is 0 Å². The number of alkyl halides is 2. The summed E-state index contributed by atoms with van der Waals surface area (Å²) in [5.74, 6) is 1.18. The lowest BCUT2D eigenvalue weighted by molar-refractivity contribution is -0.166. The van der Waals surface area contributed by atoms with Gasteiger partial charge in [-0.05, 0) is 85.2 Å². The van der Waals surface area contributed by atoms with Crippen molar-refractivity contribution in [1.82, 2.24) is 0 Å². The van der Waals surface area contributed by atoms with Crippen molar-refractivity contribution >= 4 is 43.4 Å². The fourth-order valence-corrected chi connectivity index (χ4v) is 13.1. The number of hydrogen-bond acceptors (Lipinski definition) is 2. The highest BCUT2D eigenvalue weighted by Crippen LogP contribution is 2.83. The standard InChI is InChI=1S/C38H48Br2O2/c1-33(2)29-17-19-35(33,5)31(41)37(29,23-27(39)21-25-13-9-7-10-14-25)38(24-28(40)22-26-15-11-8-12-16-26)30-18-20-36(6,32(38)42)34(30,3)4/h7-16,27-30H,17-24H2,1-6H3/t27-,28-,29-,30-,35-,36+,37+,38-/m1/s1. The topological polar surface area (TPSA) is 34.1 Å². The first kappa shape index (κ1) is 30.8. The van der Waals surface area contributed by atoms with E-state index in [1.165, 1.54) is 11.1 Å². The molecule has 0 N–H and O–H groups in total. The van der Waals surface area contributed by atoms with E-state index in [1.807, 2.05) is 0 Å². The maximum absolute atomic E-state index is 15.5. The van der Waals surface area contributed by atoms with Crippen molar-refractivity contribution in [3.05, 3.63) is 71.8 Å². The van der Waals surface area contributed by atoms with Crippen LogP contribution >= 0.6 is 31.9 Å². The van der Waals surface area contributed by atoms with Crippen LogP contribution < -0.4 is 0 Å². The van der Waals surface area contributed by atoms with E-state index in [2.05, 4.69) is 134 Å². The molecule has 4 heteroatoms. The highest BCUT2D eigenvalue weighted by molar-refractivity contribution is 9.09. The Hall–Kier alpha value is -1.26. The summed E-state index contributed by atoms with van der Waals surface area (Å²) in [6, 6.07) is 21.3. The number of carbonyl (C=O) groups is 2. The highest BCUT2D eigenvalue weighted by atomic mass is 79.9. The van der Waals surface area contributed by atoms with Gasteiger partial charge in [-0.3, -0.25) is 9.59 Å². The van der Waals surface area contributed by atoms with E-state index in [0.29, 0.717) is 11.6 Å². The SMILES string of the molecule is CC1(C)[C@H]2CC[C@@]1(C)C(=O)[C@]2(C[C@H](Br)Cc1ccccc1)[C@]1(C[C@H](Br)Cc2ccccc2)C(=O)[C@@]2(C)CC[C@@H]1C2(C)C. The summed E-state index contributed by atoms with van der Waals surface area (Å²) in [7, 11) is 0. The van der Waals surface area contributed by atoms with Crippen LogP contribution in [0.15, 0.2) is 60.7 Å². The Bertz CT molecular complexity index is 1260. The van der Waals surface area contributed by atoms with E-state index in [4.69, 9.17) is 0 Å². The predicted molar refractivity (Wildman–Crippen MR) is 179 cm³/mol. The Kier molecular flexibility index (Phi) is 7.42. The third-order valence-corrected chi connectivity index (χ3v) is 15.2. The predicted octanol–water partition coefficient (Wildman–Crippen LogP) is 9.80. The van der Waals surface area contributed by atoms with Gasteiger partial charge in [-0.25, -0.2) is 0 Å². The third kappa shape index (κ3) is 3.85. The molecule has 0 amide bonds. The van der Waals surface area contributed by atoms with Crippen LogP contribution in [0.5, 0.6) is 0 Å². The maximum atomic E-state index is 15.5. The van der Waals surface area contributed by atoms with E-state index in [1.54, 1.807) is 0 Å². The van der Waals surface area contributed by atoms with E-state index < -0.39 is 21.7 Å². The fraction of sp³-hybridized carbons (Fsp3) is 0.632. The zero-order chi connectivity index (χ0) is 30.3. The van der Waals surface area contributed by atoms with Crippen molar-refractivity contribution in [3.8, 4) is 0 Å². The quantitative estimate of drug-likeness (QED) is 0.245. The molecule has 6 rings (SSSR count). The van der Waals surface area contributed by atoms with Gasteiger partial charge >= 0.3 is 0 Å². The van der Waals surface area contributed by atoms with Crippen molar-refractivity contribution in [2.45, 2.75) is 103 Å². The van der Waals surface area contributed by atoms with Crippen LogP contribution in [0.2, 0.25) is 0 Å². The molecular weight excluding hydrogens is 648 g/mol.